The largest absolute Gasteiger partial charge is 0.380 e. The Balaban J connectivity index is 2.20. The molecule has 0 saturated heterocycles. The van der Waals surface area contributed by atoms with Gasteiger partial charge in [0.15, 0.2) is 11.6 Å². The fourth-order valence-corrected chi connectivity index (χ4v) is 3.01. The van der Waals surface area contributed by atoms with Gasteiger partial charge in [0.2, 0.25) is 0 Å². The monoisotopic (exact) mass is 271 g/mol. The van der Waals surface area contributed by atoms with Crippen LogP contribution >= 0.6 is 11.3 Å². The third-order valence-corrected chi connectivity index (χ3v) is 3.93. The highest BCUT2D eigenvalue weighted by Crippen LogP contribution is 2.39. The van der Waals surface area contributed by atoms with Crippen LogP contribution in [-0.2, 0) is 6.42 Å². The predicted molar refractivity (Wildman–Crippen MR) is 76.8 cm³/mol. The second kappa shape index (κ2) is 4.85. The van der Waals surface area contributed by atoms with Crippen LogP contribution in [0.3, 0.4) is 0 Å². The van der Waals surface area contributed by atoms with Crippen LogP contribution in [0.5, 0.6) is 0 Å². The number of anilines is 1. The van der Waals surface area contributed by atoms with Gasteiger partial charge in [-0.05, 0) is 35.6 Å². The van der Waals surface area contributed by atoms with Crippen molar-refractivity contribution in [3.05, 3.63) is 41.4 Å². The van der Waals surface area contributed by atoms with Gasteiger partial charge in [-0.2, -0.15) is 0 Å². The Morgan fingerprint density at radius 1 is 1.32 bits per heavy atom. The Hall–Kier alpha value is -2.14. The van der Waals surface area contributed by atoms with E-state index in [0.29, 0.717) is 11.6 Å². The first kappa shape index (κ1) is 11.9. The lowest BCUT2D eigenvalue weighted by Gasteiger charge is -2.01. The molecule has 3 heterocycles. The summed E-state index contributed by atoms with van der Waals surface area (Å²) >= 11 is 1.63. The van der Waals surface area contributed by atoms with Crippen LogP contribution in [0.25, 0.3) is 21.9 Å². The maximum atomic E-state index is 5.93. The Morgan fingerprint density at radius 3 is 2.95 bits per heavy atom. The maximum absolute atomic E-state index is 5.93. The number of nitrogens with zero attached hydrogens (tertiary/aromatic N) is 2. The zero-order valence-corrected chi connectivity index (χ0v) is 11.3. The molecule has 4 nitrogen and oxygen atoms in total. The van der Waals surface area contributed by atoms with Gasteiger partial charge in [-0.15, -0.1) is 11.3 Å². The van der Waals surface area contributed by atoms with Gasteiger partial charge in [-0.1, -0.05) is 18.1 Å². The third kappa shape index (κ3) is 2.02. The first-order valence-corrected chi connectivity index (χ1v) is 6.92. The summed E-state index contributed by atoms with van der Waals surface area (Å²) in [6.07, 6.45) is 2.68. The molecule has 0 amide bonds. The Labute approximate surface area is 114 Å². The van der Waals surface area contributed by atoms with E-state index in [0.717, 1.165) is 22.6 Å². The standard InChI is InChI=1S/C14H13N3OS/c1-2-9-6-8-19-13(9)12-11(14(15)17-18-12)10-5-3-4-7-16-10/h3-8H,2H2,1H3,(H2,15,17). The lowest BCUT2D eigenvalue weighted by molar-refractivity contribution is 0.436. The SMILES string of the molecule is CCc1ccsc1-c1onc(N)c1-c1ccccn1. The summed E-state index contributed by atoms with van der Waals surface area (Å²) < 4.78 is 5.43. The van der Waals surface area contributed by atoms with E-state index in [4.69, 9.17) is 10.3 Å². The summed E-state index contributed by atoms with van der Waals surface area (Å²) in [6.45, 7) is 2.12. The number of nitrogens with two attached hydrogens (primary N) is 1. The molecule has 3 aromatic heterocycles. The fourth-order valence-electron chi connectivity index (χ4n) is 2.03. The van der Waals surface area contributed by atoms with Crippen LogP contribution in [0.2, 0.25) is 0 Å². The van der Waals surface area contributed by atoms with Crippen molar-refractivity contribution in [3.63, 3.8) is 0 Å². The van der Waals surface area contributed by atoms with E-state index in [9.17, 15) is 0 Å². The van der Waals surface area contributed by atoms with Crippen molar-refractivity contribution in [2.45, 2.75) is 13.3 Å². The molecule has 0 bridgehead atoms. The van der Waals surface area contributed by atoms with Crippen molar-refractivity contribution in [1.29, 1.82) is 0 Å². The van der Waals surface area contributed by atoms with Crippen molar-refractivity contribution in [2.24, 2.45) is 0 Å². The molecule has 96 valence electrons. The van der Waals surface area contributed by atoms with Gasteiger partial charge in [-0.3, -0.25) is 4.98 Å². The summed E-state index contributed by atoms with van der Waals surface area (Å²) in [5, 5.41) is 5.94. The Morgan fingerprint density at radius 2 is 2.21 bits per heavy atom. The van der Waals surface area contributed by atoms with Crippen molar-refractivity contribution in [3.8, 4) is 21.9 Å². The second-order valence-corrected chi connectivity index (χ2v) is 5.03. The molecule has 0 aromatic carbocycles. The summed E-state index contributed by atoms with van der Waals surface area (Å²) in [7, 11) is 0. The molecule has 0 spiro atoms. The van der Waals surface area contributed by atoms with Gasteiger partial charge in [-0.25, -0.2) is 0 Å². The van der Waals surface area contributed by atoms with E-state index in [-0.39, 0.29) is 0 Å². The van der Waals surface area contributed by atoms with Crippen LogP contribution < -0.4 is 5.73 Å². The Bertz CT molecular complexity index is 688. The Kier molecular flexibility index (Phi) is 3.05. The number of thiophene rings is 1. The van der Waals surface area contributed by atoms with Crippen LogP contribution in [0, 0.1) is 0 Å². The van der Waals surface area contributed by atoms with Crippen LogP contribution in [0.1, 0.15) is 12.5 Å². The zero-order valence-electron chi connectivity index (χ0n) is 10.5. The molecule has 0 fully saturated rings. The summed E-state index contributed by atoms with van der Waals surface area (Å²) in [4.78, 5) is 5.41. The highest BCUT2D eigenvalue weighted by atomic mass is 32.1. The van der Waals surface area contributed by atoms with Crippen molar-refractivity contribution >= 4 is 17.2 Å². The number of pyridine rings is 1. The molecule has 3 aromatic rings. The fraction of sp³-hybridized carbons (Fsp3) is 0.143. The van der Waals surface area contributed by atoms with Gasteiger partial charge in [0, 0.05) is 6.20 Å². The lowest BCUT2D eigenvalue weighted by atomic mass is 10.1. The van der Waals surface area contributed by atoms with Gasteiger partial charge in [0.25, 0.3) is 0 Å². The molecule has 0 aliphatic carbocycles. The van der Waals surface area contributed by atoms with Crippen LogP contribution in [0.4, 0.5) is 5.82 Å². The van der Waals surface area contributed by atoms with Gasteiger partial charge in [0.05, 0.1) is 16.1 Å². The highest BCUT2D eigenvalue weighted by Gasteiger charge is 2.21. The third-order valence-electron chi connectivity index (χ3n) is 2.97. The molecular weight excluding hydrogens is 258 g/mol. The zero-order chi connectivity index (χ0) is 13.2. The minimum atomic E-state index is 0.379. The van der Waals surface area contributed by atoms with Crippen LogP contribution in [-0.4, -0.2) is 10.1 Å². The van der Waals surface area contributed by atoms with Gasteiger partial charge >= 0.3 is 0 Å². The minimum Gasteiger partial charge on any atom is -0.380 e. The number of aromatic nitrogens is 2. The topological polar surface area (TPSA) is 64.9 Å². The molecule has 3 rings (SSSR count). The molecule has 5 heteroatoms. The average Bonchev–Trinajstić information content (AvgIpc) is 3.05. The normalized spacial score (nSPS) is 10.8. The lowest BCUT2D eigenvalue weighted by Crippen LogP contribution is -1.90. The minimum absolute atomic E-state index is 0.379. The summed E-state index contributed by atoms with van der Waals surface area (Å²) in [6, 6.07) is 7.80. The van der Waals surface area contributed by atoms with Crippen molar-refractivity contribution in [2.75, 3.05) is 5.73 Å². The number of nitrogen functional groups attached to an aromatic ring is 1. The summed E-state index contributed by atoms with van der Waals surface area (Å²) in [5.41, 5.74) is 8.73. The van der Waals surface area contributed by atoms with E-state index in [2.05, 4.69) is 28.5 Å². The number of hydrogen-bond donors (Lipinski definition) is 1. The first-order chi connectivity index (χ1) is 9.31. The van der Waals surface area contributed by atoms with E-state index in [1.165, 1.54) is 5.56 Å². The predicted octanol–water partition coefficient (Wildman–Crippen LogP) is 3.61. The highest BCUT2D eigenvalue weighted by molar-refractivity contribution is 7.13. The van der Waals surface area contributed by atoms with E-state index in [1.54, 1.807) is 17.5 Å². The molecule has 0 radical (unpaired) electrons. The molecule has 0 atom stereocenters. The first-order valence-electron chi connectivity index (χ1n) is 6.04. The average molecular weight is 271 g/mol. The molecule has 0 unspecified atom stereocenters. The van der Waals surface area contributed by atoms with Crippen molar-refractivity contribution in [1.82, 2.24) is 10.1 Å². The van der Waals surface area contributed by atoms with E-state index < -0.39 is 0 Å². The number of rotatable bonds is 3. The molecule has 0 aliphatic rings. The van der Waals surface area contributed by atoms with E-state index in [1.807, 2.05) is 18.2 Å². The maximum Gasteiger partial charge on any atom is 0.188 e. The summed E-state index contributed by atoms with van der Waals surface area (Å²) in [5.74, 6) is 1.09. The van der Waals surface area contributed by atoms with Crippen LogP contribution in [0.15, 0.2) is 40.4 Å². The van der Waals surface area contributed by atoms with Crippen molar-refractivity contribution < 1.29 is 4.52 Å². The number of aryl methyl sites for hydroxylation is 1. The molecule has 0 saturated carbocycles. The molecule has 19 heavy (non-hydrogen) atoms. The quantitative estimate of drug-likeness (QED) is 0.790. The van der Waals surface area contributed by atoms with E-state index >= 15 is 0 Å². The van der Waals surface area contributed by atoms with Gasteiger partial charge in [0.1, 0.15) is 0 Å². The smallest absolute Gasteiger partial charge is 0.188 e. The number of hydrogen-bond acceptors (Lipinski definition) is 5. The molecular formula is C14H13N3OS. The molecule has 2 N–H and O–H groups in total. The van der Waals surface area contributed by atoms with Gasteiger partial charge < -0.3 is 10.3 Å². The molecule has 0 aliphatic heterocycles. The second-order valence-electron chi connectivity index (χ2n) is 4.12.